The molecule has 0 aliphatic rings. The van der Waals surface area contributed by atoms with E-state index in [2.05, 4.69) is 112 Å². The molecule has 0 aliphatic heterocycles. The van der Waals surface area contributed by atoms with Crippen LogP contribution in [0.1, 0.15) is 13.3 Å². The molecule has 0 saturated carbocycles. The number of carbonyl (C=O) groups is 3. The number of ketones is 1. The average Bonchev–Trinajstić information content (AvgIpc) is 2.73. The van der Waals surface area contributed by atoms with Gasteiger partial charge in [-0.15, -0.1) is 0 Å². The second-order valence-electron chi connectivity index (χ2n) is 4.48. The Labute approximate surface area is 180 Å². The fourth-order valence-corrected chi connectivity index (χ4v) is 1.18. The summed E-state index contributed by atoms with van der Waals surface area (Å²) in [4.78, 5) is 32.7. The first kappa shape index (κ1) is 25.2. The van der Waals surface area contributed by atoms with Gasteiger partial charge in [0.05, 0.1) is 0 Å². The van der Waals surface area contributed by atoms with E-state index in [9.17, 15) is 14.4 Å². The molecule has 31 heavy (non-hydrogen) atoms. The monoisotopic (exact) mass is 400 g/mol. The molecule has 0 aromatic heterocycles. The van der Waals surface area contributed by atoms with E-state index in [-0.39, 0.29) is 0 Å². The summed E-state index contributed by atoms with van der Waals surface area (Å²) < 4.78 is 0. The van der Waals surface area contributed by atoms with Gasteiger partial charge >= 0.3 is 11.9 Å². The van der Waals surface area contributed by atoms with Gasteiger partial charge in [-0.3, -0.25) is 14.4 Å². The zero-order chi connectivity index (χ0) is 23.2. The number of hydrogen-bond donors (Lipinski definition) is 2. The van der Waals surface area contributed by atoms with Crippen molar-refractivity contribution < 1.29 is 24.6 Å². The molecule has 0 bridgehead atoms. The number of carboxylic acid groups (broad SMARTS) is 2. The molecule has 0 aromatic rings. The Kier molecular flexibility index (Phi) is 14.3. The first-order valence-corrected chi connectivity index (χ1v) is 7.90. The minimum atomic E-state index is -1.85. The van der Waals surface area contributed by atoms with Crippen LogP contribution in [0.5, 0.6) is 0 Å². The van der Waals surface area contributed by atoms with Crippen LogP contribution in [0.2, 0.25) is 0 Å². The van der Waals surface area contributed by atoms with E-state index in [1.54, 1.807) is 6.92 Å². The Balaban J connectivity index is 4.58. The Hall–Kier alpha value is -5.79. The van der Waals surface area contributed by atoms with Crippen LogP contribution in [0, 0.1) is 124 Å². The van der Waals surface area contributed by atoms with Crippen molar-refractivity contribution in [3.8, 4) is 118 Å². The predicted molar refractivity (Wildman–Crippen MR) is 112 cm³/mol. The zero-order valence-corrected chi connectivity index (χ0v) is 15.9. The van der Waals surface area contributed by atoms with Crippen LogP contribution < -0.4 is 0 Å². The first-order valence-electron chi connectivity index (χ1n) is 7.90. The largest absolute Gasteiger partial charge is 0.481 e. The molecule has 0 fully saturated rings. The molecule has 0 unspecified atom stereocenters. The van der Waals surface area contributed by atoms with Gasteiger partial charge in [0.2, 0.25) is 5.78 Å². The highest BCUT2D eigenvalue weighted by Gasteiger charge is 2.27. The van der Waals surface area contributed by atoms with E-state index in [4.69, 9.17) is 10.2 Å². The third kappa shape index (κ3) is 16.1. The van der Waals surface area contributed by atoms with Crippen molar-refractivity contribution in [2.75, 3.05) is 0 Å². The number of hydrogen-bond acceptors (Lipinski definition) is 3. The third-order valence-corrected chi connectivity index (χ3v) is 2.38. The standard InChI is InChI=1S/C26H8O5/c1-2-3-4-5-6-7-8-9-10-11-12-13-14-15-16-17-18-19-20-21-23(27)22-24(25(28)29)26(30)31/h24H,22H2,1H3,(H,28,29)(H,30,31). The van der Waals surface area contributed by atoms with Gasteiger partial charge < -0.3 is 10.2 Å². The fraction of sp³-hybridized carbons (Fsp3) is 0.115. The lowest BCUT2D eigenvalue weighted by atomic mass is 10.0. The lowest BCUT2D eigenvalue weighted by Gasteiger charge is -2.02. The molecular formula is C26H8O5. The van der Waals surface area contributed by atoms with Crippen molar-refractivity contribution >= 4 is 17.7 Å². The smallest absolute Gasteiger partial charge is 0.318 e. The summed E-state index contributed by atoms with van der Waals surface area (Å²) in [6, 6.07) is 0. The van der Waals surface area contributed by atoms with Crippen molar-refractivity contribution in [1.82, 2.24) is 0 Å². The van der Waals surface area contributed by atoms with Gasteiger partial charge in [-0.05, 0) is 108 Å². The minimum Gasteiger partial charge on any atom is -0.481 e. The molecule has 5 nitrogen and oxygen atoms in total. The van der Waals surface area contributed by atoms with Crippen molar-refractivity contribution in [3.63, 3.8) is 0 Å². The second-order valence-corrected chi connectivity index (χ2v) is 4.48. The van der Waals surface area contributed by atoms with Crippen LogP contribution in [-0.4, -0.2) is 27.9 Å². The van der Waals surface area contributed by atoms with E-state index in [0.717, 1.165) is 0 Å². The lowest BCUT2D eigenvalue weighted by molar-refractivity contribution is -0.155. The van der Waals surface area contributed by atoms with E-state index < -0.39 is 30.1 Å². The summed E-state index contributed by atoms with van der Waals surface area (Å²) >= 11 is 0. The highest BCUT2D eigenvalue weighted by Crippen LogP contribution is 2.03. The molecule has 0 rings (SSSR count). The molecule has 0 heterocycles. The molecule has 5 heteroatoms. The minimum absolute atomic E-state index is 0.750. The Morgan fingerprint density at radius 3 is 1.13 bits per heavy atom. The first-order chi connectivity index (χ1) is 15.0. The van der Waals surface area contributed by atoms with Crippen LogP contribution in [0.25, 0.3) is 0 Å². The normalized spacial score (nSPS) is 6.00. The zero-order valence-electron chi connectivity index (χ0n) is 15.9. The number of carboxylic acids is 2. The van der Waals surface area contributed by atoms with Crippen molar-refractivity contribution in [1.29, 1.82) is 0 Å². The molecule has 142 valence electrons. The molecule has 2 N–H and O–H groups in total. The van der Waals surface area contributed by atoms with Crippen LogP contribution >= 0.6 is 0 Å². The second kappa shape index (κ2) is 17.6. The summed E-state index contributed by atoms with van der Waals surface area (Å²) in [6.45, 7) is 1.67. The van der Waals surface area contributed by atoms with Crippen LogP contribution in [0.4, 0.5) is 0 Å². The SMILES string of the molecule is CC#CC#CC#CC#CC#CC#CC#CC#CC#CC#CC(=O)CC(C(=O)O)C(=O)O. The highest BCUT2D eigenvalue weighted by molar-refractivity contribution is 6.03. The van der Waals surface area contributed by atoms with Gasteiger partial charge in [-0.1, -0.05) is 5.92 Å². The van der Waals surface area contributed by atoms with E-state index in [0.29, 0.717) is 0 Å². The number of aliphatic carboxylic acids is 2. The van der Waals surface area contributed by atoms with Gasteiger partial charge in [-0.25, -0.2) is 0 Å². The Bertz CT molecular complexity index is 1380. The third-order valence-electron chi connectivity index (χ3n) is 2.38. The molecule has 0 spiro atoms. The molecule has 0 saturated heterocycles. The molecular weight excluding hydrogens is 392 g/mol. The van der Waals surface area contributed by atoms with E-state index in [1.165, 1.54) is 0 Å². The summed E-state index contributed by atoms with van der Waals surface area (Å²) in [7, 11) is 0. The summed E-state index contributed by atoms with van der Waals surface area (Å²) in [5.41, 5.74) is 0. The predicted octanol–water partition coefficient (Wildman–Crippen LogP) is -0.215. The van der Waals surface area contributed by atoms with Crippen molar-refractivity contribution in [2.24, 2.45) is 5.92 Å². The molecule has 0 atom stereocenters. The van der Waals surface area contributed by atoms with Crippen LogP contribution in [-0.2, 0) is 14.4 Å². The number of carbonyl (C=O) groups excluding carboxylic acids is 1. The molecule has 0 aromatic carbocycles. The van der Waals surface area contributed by atoms with Crippen molar-refractivity contribution in [3.05, 3.63) is 0 Å². The van der Waals surface area contributed by atoms with E-state index >= 15 is 0 Å². The lowest BCUT2D eigenvalue weighted by Crippen LogP contribution is -2.25. The maximum atomic E-state index is 11.4. The van der Waals surface area contributed by atoms with Gasteiger partial charge in [0.15, 0.2) is 5.92 Å². The van der Waals surface area contributed by atoms with E-state index in [1.807, 2.05) is 5.92 Å². The number of rotatable bonds is 4. The van der Waals surface area contributed by atoms with Crippen LogP contribution in [0.15, 0.2) is 0 Å². The van der Waals surface area contributed by atoms with Crippen LogP contribution in [0.3, 0.4) is 0 Å². The maximum absolute atomic E-state index is 11.4. The Morgan fingerprint density at radius 2 is 0.839 bits per heavy atom. The average molecular weight is 400 g/mol. The quantitative estimate of drug-likeness (QED) is 0.387. The maximum Gasteiger partial charge on any atom is 0.318 e. The molecule has 0 amide bonds. The molecule has 0 aliphatic carbocycles. The summed E-state index contributed by atoms with van der Waals surface area (Å²) in [5, 5.41) is 17.3. The van der Waals surface area contributed by atoms with Gasteiger partial charge in [0.1, 0.15) is 0 Å². The molecule has 0 radical (unpaired) electrons. The van der Waals surface area contributed by atoms with Gasteiger partial charge in [-0.2, -0.15) is 0 Å². The summed E-state index contributed by atoms with van der Waals surface area (Å²) in [6.07, 6.45) is -0.750. The Morgan fingerprint density at radius 1 is 0.548 bits per heavy atom. The van der Waals surface area contributed by atoms with Gasteiger partial charge in [0.25, 0.3) is 0 Å². The number of Topliss-reactive ketones (excluding diaryl/α,β-unsaturated/α-hetero) is 1. The highest BCUT2D eigenvalue weighted by atomic mass is 16.4. The fourth-order valence-electron chi connectivity index (χ4n) is 1.18. The van der Waals surface area contributed by atoms with Crippen molar-refractivity contribution in [2.45, 2.75) is 13.3 Å². The topological polar surface area (TPSA) is 91.7 Å². The summed E-state index contributed by atoms with van der Waals surface area (Å²) in [5.74, 6) is 41.9. The van der Waals surface area contributed by atoms with Gasteiger partial charge in [0, 0.05) is 18.3 Å².